The molecule has 1 N–H and O–H groups in total. The number of fused-ring (bicyclic) bond motifs is 3. The maximum absolute atomic E-state index is 10.4. The molecular weight excluding hydrogens is 623 g/mol. The molecule has 0 fully saturated rings. The fourth-order valence-corrected chi connectivity index (χ4v) is 7.09. The number of nitrogens with zero attached hydrogens (tertiary/aromatic N) is 4. The number of hydrogen-bond donors (Lipinski definition) is 1. The van der Waals surface area contributed by atoms with E-state index in [2.05, 4.69) is 94.8 Å². The number of anilines is 2. The van der Waals surface area contributed by atoms with Gasteiger partial charge >= 0.3 is 0 Å². The van der Waals surface area contributed by atoms with E-state index in [1.807, 2.05) is 91.9 Å². The maximum Gasteiger partial charge on any atom is 0.101 e. The molecule has 238 valence electrons. The van der Waals surface area contributed by atoms with E-state index in [1.165, 1.54) is 0 Å². The van der Waals surface area contributed by atoms with Crippen molar-refractivity contribution < 1.29 is 0 Å². The van der Waals surface area contributed by atoms with Gasteiger partial charge in [0.2, 0.25) is 0 Å². The summed E-state index contributed by atoms with van der Waals surface area (Å²) in [6.45, 7) is 2.03. The van der Waals surface area contributed by atoms with Gasteiger partial charge in [-0.2, -0.15) is 15.8 Å². The van der Waals surface area contributed by atoms with Crippen LogP contribution in [0, 0.1) is 40.9 Å². The third-order valence-corrected chi connectivity index (χ3v) is 9.44. The van der Waals surface area contributed by atoms with Gasteiger partial charge in [0.25, 0.3) is 0 Å². The van der Waals surface area contributed by atoms with Crippen LogP contribution < -0.4 is 5.32 Å². The Hall–Kier alpha value is -7.39. The Morgan fingerprint density at radius 1 is 0.510 bits per heavy atom. The third-order valence-electron chi connectivity index (χ3n) is 9.44. The molecule has 0 saturated heterocycles. The van der Waals surface area contributed by atoms with Crippen LogP contribution in [0.1, 0.15) is 22.3 Å². The summed E-state index contributed by atoms with van der Waals surface area (Å²) in [7, 11) is 0. The number of benzene rings is 7. The summed E-state index contributed by atoms with van der Waals surface area (Å²) < 4.78 is 2.15. The molecule has 0 unspecified atom stereocenters. The summed E-state index contributed by atoms with van der Waals surface area (Å²) >= 11 is 0. The summed E-state index contributed by atoms with van der Waals surface area (Å²) in [4.78, 5) is 0. The summed E-state index contributed by atoms with van der Waals surface area (Å²) in [5.74, 6) is 0. The second-order valence-corrected chi connectivity index (χ2v) is 12.4. The van der Waals surface area contributed by atoms with Gasteiger partial charge in [0.15, 0.2) is 0 Å². The van der Waals surface area contributed by atoms with Crippen LogP contribution in [0.15, 0.2) is 152 Å². The standard InChI is InChI=1S/C46H29N5/c1-30-9-6-12-35(28-48)45(30)40-15-2-4-17-42(40)50-37-22-20-32(21-23-37)33-10-7-11-34(26-33)38-16-8-13-36(29-49)46(38)51-43-18-5-3-14-39(43)41-25-31(27-47)19-24-44(41)51/h2-26,50H,1H3. The van der Waals surface area contributed by atoms with Crippen molar-refractivity contribution in [3.05, 3.63) is 174 Å². The molecule has 1 aromatic heterocycles. The second kappa shape index (κ2) is 12.9. The lowest BCUT2D eigenvalue weighted by molar-refractivity contribution is 1.17. The SMILES string of the molecule is Cc1cccc(C#N)c1-c1ccccc1Nc1ccc(-c2cccc(-c3cccc(C#N)c3-n3c4ccccc4c4cc(C#N)ccc43)c2)cc1. The largest absolute Gasteiger partial charge is 0.355 e. The van der Waals surface area contributed by atoms with E-state index in [-0.39, 0.29) is 0 Å². The molecule has 0 aliphatic heterocycles. The Bertz CT molecular complexity index is 2770. The number of aromatic nitrogens is 1. The second-order valence-electron chi connectivity index (χ2n) is 12.4. The Morgan fingerprint density at radius 2 is 1.20 bits per heavy atom. The number of hydrogen-bond acceptors (Lipinski definition) is 4. The first-order valence-electron chi connectivity index (χ1n) is 16.6. The van der Waals surface area contributed by atoms with Gasteiger partial charge in [-0.3, -0.25) is 0 Å². The van der Waals surface area contributed by atoms with E-state index in [0.29, 0.717) is 16.7 Å². The number of para-hydroxylation sites is 3. The number of nitrogens with one attached hydrogen (secondary N) is 1. The smallest absolute Gasteiger partial charge is 0.101 e. The van der Waals surface area contributed by atoms with E-state index in [1.54, 1.807) is 0 Å². The van der Waals surface area contributed by atoms with Gasteiger partial charge in [-0.15, -0.1) is 0 Å². The molecule has 0 atom stereocenters. The Labute approximate surface area is 296 Å². The highest BCUT2D eigenvalue weighted by atomic mass is 15.0. The highest BCUT2D eigenvalue weighted by Crippen LogP contribution is 2.40. The first-order valence-corrected chi connectivity index (χ1v) is 16.6. The normalized spacial score (nSPS) is 10.8. The lowest BCUT2D eigenvalue weighted by atomic mass is 9.94. The minimum Gasteiger partial charge on any atom is -0.355 e. The van der Waals surface area contributed by atoms with Crippen LogP contribution in [-0.2, 0) is 0 Å². The Balaban J connectivity index is 1.18. The zero-order valence-corrected chi connectivity index (χ0v) is 27.7. The first kappa shape index (κ1) is 30.9. The lowest BCUT2D eigenvalue weighted by Gasteiger charge is -2.17. The van der Waals surface area contributed by atoms with Crippen molar-refractivity contribution in [2.24, 2.45) is 0 Å². The van der Waals surface area contributed by atoms with Crippen molar-refractivity contribution in [1.29, 1.82) is 15.8 Å². The molecule has 1 heterocycles. The van der Waals surface area contributed by atoms with Crippen molar-refractivity contribution >= 4 is 33.2 Å². The molecule has 0 bridgehead atoms. The van der Waals surface area contributed by atoms with Crippen LogP contribution in [-0.4, -0.2) is 4.57 Å². The van der Waals surface area contributed by atoms with Crippen molar-refractivity contribution in [2.75, 3.05) is 5.32 Å². The molecule has 7 aromatic carbocycles. The van der Waals surface area contributed by atoms with E-state index in [9.17, 15) is 15.8 Å². The average Bonchev–Trinajstić information content (AvgIpc) is 3.51. The van der Waals surface area contributed by atoms with Crippen molar-refractivity contribution in [3.8, 4) is 57.3 Å². The van der Waals surface area contributed by atoms with Crippen LogP contribution in [0.5, 0.6) is 0 Å². The maximum atomic E-state index is 10.4. The van der Waals surface area contributed by atoms with Crippen molar-refractivity contribution in [3.63, 3.8) is 0 Å². The molecule has 8 rings (SSSR count). The zero-order valence-electron chi connectivity index (χ0n) is 27.7. The lowest BCUT2D eigenvalue weighted by Crippen LogP contribution is -2.01. The van der Waals surface area contributed by atoms with Gasteiger partial charge < -0.3 is 9.88 Å². The number of rotatable bonds is 6. The first-order chi connectivity index (χ1) is 25.1. The molecule has 0 amide bonds. The quantitative estimate of drug-likeness (QED) is 0.194. The molecule has 8 aromatic rings. The van der Waals surface area contributed by atoms with Crippen LogP contribution in [0.4, 0.5) is 11.4 Å². The number of aryl methyl sites for hydroxylation is 1. The highest BCUT2D eigenvalue weighted by Gasteiger charge is 2.19. The molecule has 0 aliphatic carbocycles. The number of nitriles is 3. The predicted octanol–water partition coefficient (Wildman–Crippen LogP) is 11.5. The summed E-state index contributed by atoms with van der Waals surface area (Å²) in [5, 5.41) is 35.4. The summed E-state index contributed by atoms with van der Waals surface area (Å²) in [5.41, 5.74) is 13.4. The predicted molar refractivity (Wildman–Crippen MR) is 206 cm³/mol. The van der Waals surface area contributed by atoms with E-state index >= 15 is 0 Å². The minimum atomic E-state index is 0.563. The minimum absolute atomic E-state index is 0.563. The molecule has 51 heavy (non-hydrogen) atoms. The van der Waals surface area contributed by atoms with Crippen LogP contribution in [0.25, 0.3) is 60.9 Å². The molecule has 5 heteroatoms. The van der Waals surface area contributed by atoms with Gasteiger partial charge in [0.1, 0.15) is 6.07 Å². The monoisotopic (exact) mass is 651 g/mol. The van der Waals surface area contributed by atoms with Gasteiger partial charge in [0.05, 0.1) is 45.5 Å². The molecule has 0 spiro atoms. The summed E-state index contributed by atoms with van der Waals surface area (Å²) in [6.07, 6.45) is 0. The van der Waals surface area contributed by atoms with E-state index in [4.69, 9.17) is 0 Å². The average molecular weight is 652 g/mol. The van der Waals surface area contributed by atoms with Crippen LogP contribution >= 0.6 is 0 Å². The fraction of sp³-hybridized carbons (Fsp3) is 0.0217. The fourth-order valence-electron chi connectivity index (χ4n) is 7.09. The van der Waals surface area contributed by atoms with Gasteiger partial charge in [-0.25, -0.2) is 0 Å². The molecule has 0 saturated carbocycles. The van der Waals surface area contributed by atoms with Gasteiger partial charge in [0, 0.05) is 38.8 Å². The molecule has 0 aliphatic rings. The Kier molecular flexibility index (Phi) is 7.82. The highest BCUT2D eigenvalue weighted by molar-refractivity contribution is 6.10. The van der Waals surface area contributed by atoms with E-state index in [0.717, 1.165) is 77.8 Å². The molecule has 5 nitrogen and oxygen atoms in total. The topological polar surface area (TPSA) is 88.3 Å². The molecular formula is C46H29N5. The van der Waals surface area contributed by atoms with Gasteiger partial charge in [-0.1, -0.05) is 91.0 Å². The Morgan fingerprint density at radius 3 is 2.02 bits per heavy atom. The van der Waals surface area contributed by atoms with E-state index < -0.39 is 0 Å². The molecule has 0 radical (unpaired) electrons. The third kappa shape index (κ3) is 5.44. The van der Waals surface area contributed by atoms with Crippen molar-refractivity contribution in [2.45, 2.75) is 6.92 Å². The van der Waals surface area contributed by atoms with Gasteiger partial charge in [-0.05, 0) is 89.8 Å². The van der Waals surface area contributed by atoms with Crippen LogP contribution in [0.3, 0.4) is 0 Å². The van der Waals surface area contributed by atoms with Crippen LogP contribution in [0.2, 0.25) is 0 Å². The summed E-state index contributed by atoms with van der Waals surface area (Å²) in [6, 6.07) is 57.4. The van der Waals surface area contributed by atoms with Crippen molar-refractivity contribution in [1.82, 2.24) is 4.57 Å². The zero-order chi connectivity index (χ0) is 34.9.